The molecule has 0 aliphatic heterocycles. The van der Waals surface area contributed by atoms with Gasteiger partial charge in [0.1, 0.15) is 11.6 Å². The first-order valence-electron chi connectivity index (χ1n) is 5.18. The molecule has 98 valence electrons. The number of amidine groups is 1. The fourth-order valence-corrected chi connectivity index (χ4v) is 1.58. The Labute approximate surface area is 107 Å². The molecule has 0 aliphatic carbocycles. The summed E-state index contributed by atoms with van der Waals surface area (Å²) >= 11 is 0. The first-order chi connectivity index (χ1) is 9.04. The van der Waals surface area contributed by atoms with Crippen LogP contribution in [0.4, 0.5) is 5.69 Å². The van der Waals surface area contributed by atoms with E-state index in [1.165, 1.54) is 12.1 Å². The van der Waals surface area contributed by atoms with Gasteiger partial charge >= 0.3 is 0 Å². The minimum Gasteiger partial charge on any atom is -0.409 e. The van der Waals surface area contributed by atoms with Crippen molar-refractivity contribution in [2.45, 2.75) is 6.92 Å². The van der Waals surface area contributed by atoms with E-state index in [-0.39, 0.29) is 11.4 Å². The summed E-state index contributed by atoms with van der Waals surface area (Å²) in [6.45, 7) is 1.76. The number of nitrogens with two attached hydrogens (primary N) is 1. The van der Waals surface area contributed by atoms with E-state index in [1.54, 1.807) is 23.9 Å². The maximum absolute atomic E-state index is 10.9. The Morgan fingerprint density at radius 3 is 2.84 bits per heavy atom. The summed E-state index contributed by atoms with van der Waals surface area (Å²) in [5.41, 5.74) is 4.87. The molecule has 9 heteroatoms. The topological polar surface area (TPSA) is 132 Å². The Kier molecular flexibility index (Phi) is 3.10. The average Bonchev–Trinajstić information content (AvgIpc) is 2.83. The Balaban J connectivity index is 2.63. The highest BCUT2D eigenvalue weighted by Gasteiger charge is 2.20. The highest BCUT2D eigenvalue weighted by atomic mass is 16.6. The van der Waals surface area contributed by atoms with E-state index in [0.717, 1.165) is 0 Å². The van der Waals surface area contributed by atoms with Gasteiger partial charge in [0, 0.05) is 18.5 Å². The number of nitro groups is 1. The van der Waals surface area contributed by atoms with Crippen LogP contribution in [0.2, 0.25) is 0 Å². The fraction of sp³-hybridized carbons (Fsp3) is 0.100. The van der Waals surface area contributed by atoms with Crippen LogP contribution in [0.5, 0.6) is 0 Å². The van der Waals surface area contributed by atoms with E-state index in [9.17, 15) is 10.1 Å². The molecule has 2 heterocycles. The molecular formula is C10H10N6O3. The first-order valence-corrected chi connectivity index (χ1v) is 5.18. The predicted molar refractivity (Wildman–Crippen MR) is 65.3 cm³/mol. The van der Waals surface area contributed by atoms with Crippen molar-refractivity contribution in [2.75, 3.05) is 0 Å². The van der Waals surface area contributed by atoms with Crippen LogP contribution in [-0.4, -0.2) is 30.5 Å². The molecular weight excluding hydrogens is 252 g/mol. The smallest absolute Gasteiger partial charge is 0.298 e. The fourth-order valence-electron chi connectivity index (χ4n) is 1.58. The first kappa shape index (κ1) is 12.5. The van der Waals surface area contributed by atoms with Crippen LogP contribution in [-0.2, 0) is 0 Å². The van der Waals surface area contributed by atoms with Gasteiger partial charge in [0.15, 0.2) is 11.5 Å². The average molecular weight is 262 g/mol. The van der Waals surface area contributed by atoms with E-state index in [4.69, 9.17) is 10.9 Å². The molecule has 0 radical (unpaired) electrons. The van der Waals surface area contributed by atoms with Gasteiger partial charge < -0.3 is 10.9 Å². The number of pyridine rings is 1. The monoisotopic (exact) mass is 262 g/mol. The number of oxime groups is 1. The standard InChI is InChI=1S/C10H10N6O3/c1-6-12-4-5-15(6)8-3-2-7(16(18)19)9(13-8)10(11)14-17/h2-5,17H,1H3,(H2,11,14). The zero-order valence-corrected chi connectivity index (χ0v) is 9.89. The van der Waals surface area contributed by atoms with Gasteiger partial charge in [-0.3, -0.25) is 14.7 Å². The lowest BCUT2D eigenvalue weighted by Gasteiger charge is -2.06. The molecule has 2 aromatic heterocycles. The number of imidazole rings is 1. The van der Waals surface area contributed by atoms with Crippen molar-refractivity contribution in [1.82, 2.24) is 14.5 Å². The van der Waals surface area contributed by atoms with E-state index >= 15 is 0 Å². The van der Waals surface area contributed by atoms with Crippen LogP contribution in [0.15, 0.2) is 29.7 Å². The van der Waals surface area contributed by atoms with Crippen molar-refractivity contribution in [3.8, 4) is 5.82 Å². The summed E-state index contributed by atoms with van der Waals surface area (Å²) in [4.78, 5) is 18.3. The molecule has 2 aromatic rings. The van der Waals surface area contributed by atoms with Crippen molar-refractivity contribution >= 4 is 11.5 Å². The van der Waals surface area contributed by atoms with Crippen LogP contribution >= 0.6 is 0 Å². The largest absolute Gasteiger partial charge is 0.409 e. The van der Waals surface area contributed by atoms with Crippen LogP contribution in [0.3, 0.4) is 0 Å². The quantitative estimate of drug-likeness (QED) is 0.273. The third-order valence-corrected chi connectivity index (χ3v) is 2.48. The van der Waals surface area contributed by atoms with Crippen LogP contribution < -0.4 is 5.73 Å². The van der Waals surface area contributed by atoms with Gasteiger partial charge in [-0.1, -0.05) is 5.16 Å². The Morgan fingerprint density at radius 2 is 2.32 bits per heavy atom. The van der Waals surface area contributed by atoms with E-state index in [1.807, 2.05) is 0 Å². The molecule has 2 rings (SSSR count). The summed E-state index contributed by atoms with van der Waals surface area (Å²) in [7, 11) is 0. The highest BCUT2D eigenvalue weighted by molar-refractivity contribution is 5.98. The number of hydrogen-bond acceptors (Lipinski definition) is 6. The molecule has 0 aromatic carbocycles. The lowest BCUT2D eigenvalue weighted by molar-refractivity contribution is -0.385. The maximum atomic E-state index is 10.9. The van der Waals surface area contributed by atoms with Crippen LogP contribution in [0, 0.1) is 17.0 Å². The van der Waals surface area contributed by atoms with E-state index in [2.05, 4.69) is 15.1 Å². The molecule has 0 spiro atoms. The summed E-state index contributed by atoms with van der Waals surface area (Å²) < 4.78 is 1.62. The molecule has 3 N–H and O–H groups in total. The molecule has 9 nitrogen and oxygen atoms in total. The molecule has 19 heavy (non-hydrogen) atoms. The van der Waals surface area contributed by atoms with Crippen molar-refractivity contribution in [3.63, 3.8) is 0 Å². The summed E-state index contributed by atoms with van der Waals surface area (Å²) in [6, 6.07) is 2.70. The van der Waals surface area contributed by atoms with Gasteiger partial charge in [0.25, 0.3) is 5.69 Å². The maximum Gasteiger partial charge on any atom is 0.298 e. The number of hydrogen-bond donors (Lipinski definition) is 2. The molecule has 0 saturated carbocycles. The Morgan fingerprint density at radius 1 is 1.58 bits per heavy atom. The van der Waals surface area contributed by atoms with Gasteiger partial charge in [0.05, 0.1) is 4.92 Å². The lowest BCUT2D eigenvalue weighted by Crippen LogP contribution is -2.18. The molecule has 0 atom stereocenters. The summed E-state index contributed by atoms with van der Waals surface area (Å²) in [5.74, 6) is 0.625. The summed E-state index contributed by atoms with van der Waals surface area (Å²) in [6.07, 6.45) is 3.22. The molecule has 0 saturated heterocycles. The van der Waals surface area contributed by atoms with Crippen LogP contribution in [0.25, 0.3) is 5.82 Å². The van der Waals surface area contributed by atoms with Gasteiger partial charge in [-0.25, -0.2) is 9.97 Å². The third kappa shape index (κ3) is 2.20. The van der Waals surface area contributed by atoms with E-state index in [0.29, 0.717) is 11.6 Å². The second kappa shape index (κ2) is 4.72. The van der Waals surface area contributed by atoms with Crippen molar-refractivity contribution in [1.29, 1.82) is 0 Å². The summed E-state index contributed by atoms with van der Waals surface area (Å²) in [5, 5.41) is 22.3. The number of rotatable bonds is 3. The number of nitrogens with zero attached hydrogens (tertiary/aromatic N) is 5. The number of aryl methyl sites for hydroxylation is 1. The lowest BCUT2D eigenvalue weighted by atomic mass is 10.2. The SMILES string of the molecule is Cc1nccn1-c1ccc([N+](=O)[O-])c(/C(N)=N/O)n1. The van der Waals surface area contributed by atoms with Gasteiger partial charge in [-0.15, -0.1) is 0 Å². The zero-order valence-electron chi connectivity index (χ0n) is 9.89. The predicted octanol–water partition coefficient (Wildman–Crippen LogP) is 0.578. The van der Waals surface area contributed by atoms with Crippen LogP contribution in [0.1, 0.15) is 11.5 Å². The van der Waals surface area contributed by atoms with Crippen molar-refractivity contribution in [2.24, 2.45) is 10.9 Å². The Bertz CT molecular complexity index is 663. The molecule has 0 bridgehead atoms. The minimum atomic E-state index is -0.648. The highest BCUT2D eigenvalue weighted by Crippen LogP contribution is 2.19. The zero-order chi connectivity index (χ0) is 14.0. The van der Waals surface area contributed by atoms with Crippen molar-refractivity contribution < 1.29 is 10.1 Å². The van der Waals surface area contributed by atoms with Crippen molar-refractivity contribution in [3.05, 3.63) is 46.2 Å². The van der Waals surface area contributed by atoms with E-state index < -0.39 is 10.8 Å². The minimum absolute atomic E-state index is 0.196. The normalized spacial score (nSPS) is 11.5. The second-order valence-electron chi connectivity index (χ2n) is 3.62. The molecule has 0 amide bonds. The second-order valence-corrected chi connectivity index (χ2v) is 3.62. The molecule has 0 unspecified atom stereocenters. The molecule has 0 fully saturated rings. The van der Waals surface area contributed by atoms with Gasteiger partial charge in [-0.05, 0) is 13.0 Å². The number of aromatic nitrogens is 3. The third-order valence-electron chi connectivity index (χ3n) is 2.48. The van der Waals surface area contributed by atoms with Gasteiger partial charge in [0.2, 0.25) is 0 Å². The molecule has 0 aliphatic rings. The van der Waals surface area contributed by atoms with Gasteiger partial charge in [-0.2, -0.15) is 0 Å². The Hall–Kier alpha value is -2.97.